The minimum atomic E-state index is -0.358. The van der Waals surface area contributed by atoms with Gasteiger partial charge in [0.05, 0.1) is 13.0 Å². The fourth-order valence-electron chi connectivity index (χ4n) is 1.87. The Morgan fingerprint density at radius 2 is 1.86 bits per heavy atom. The van der Waals surface area contributed by atoms with E-state index in [0.29, 0.717) is 18.7 Å². The van der Waals surface area contributed by atoms with E-state index in [9.17, 15) is 9.18 Å². The lowest BCUT2D eigenvalue weighted by Crippen LogP contribution is -2.29. The van der Waals surface area contributed by atoms with Crippen LogP contribution >= 0.6 is 0 Å². The third-order valence-electron chi connectivity index (χ3n) is 3.02. The van der Waals surface area contributed by atoms with Crippen LogP contribution in [0.2, 0.25) is 0 Å². The highest BCUT2D eigenvalue weighted by Gasteiger charge is 2.06. The average molecular weight is 287 g/mol. The van der Waals surface area contributed by atoms with Crippen LogP contribution in [-0.2, 0) is 11.2 Å². The molecule has 3 nitrogen and oxygen atoms in total. The summed E-state index contributed by atoms with van der Waals surface area (Å²) in [6.07, 6.45) is 0.0389. The van der Waals surface area contributed by atoms with Gasteiger partial charge in [-0.1, -0.05) is 35.9 Å². The van der Waals surface area contributed by atoms with Gasteiger partial charge in [-0.15, -0.1) is 0 Å². The van der Waals surface area contributed by atoms with Crippen LogP contribution < -0.4 is 10.1 Å². The molecule has 0 radical (unpaired) electrons. The van der Waals surface area contributed by atoms with E-state index in [2.05, 4.69) is 5.32 Å². The van der Waals surface area contributed by atoms with Crippen LogP contribution in [0, 0.1) is 12.7 Å². The number of rotatable bonds is 6. The van der Waals surface area contributed by atoms with Gasteiger partial charge in [0.25, 0.3) is 0 Å². The molecular formula is C17H18FNO2. The fraction of sp³-hybridized carbons (Fsp3) is 0.235. The quantitative estimate of drug-likeness (QED) is 0.830. The summed E-state index contributed by atoms with van der Waals surface area (Å²) in [6.45, 7) is 2.78. The van der Waals surface area contributed by atoms with Gasteiger partial charge in [0.1, 0.15) is 18.2 Å². The lowest BCUT2D eigenvalue weighted by atomic mass is 10.1. The lowest BCUT2D eigenvalue weighted by Gasteiger charge is -2.08. The van der Waals surface area contributed by atoms with Crippen molar-refractivity contribution in [1.29, 1.82) is 0 Å². The SMILES string of the molecule is Cc1ccc(OCCNC(=O)Cc2ccccc2F)cc1. The first-order valence-electron chi connectivity index (χ1n) is 6.85. The summed E-state index contributed by atoms with van der Waals surface area (Å²) >= 11 is 0. The molecule has 1 N–H and O–H groups in total. The molecule has 0 heterocycles. The third-order valence-corrected chi connectivity index (χ3v) is 3.02. The summed E-state index contributed by atoms with van der Waals surface area (Å²) in [6, 6.07) is 14.0. The molecule has 0 aromatic heterocycles. The number of aryl methyl sites for hydroxylation is 1. The molecule has 0 atom stereocenters. The van der Waals surface area contributed by atoms with Crippen molar-refractivity contribution >= 4 is 5.91 Å². The van der Waals surface area contributed by atoms with Crippen molar-refractivity contribution in [3.05, 3.63) is 65.5 Å². The number of carbonyl (C=O) groups is 1. The first-order chi connectivity index (χ1) is 10.1. The van der Waals surface area contributed by atoms with Crippen molar-refractivity contribution in [3.63, 3.8) is 0 Å². The predicted octanol–water partition coefficient (Wildman–Crippen LogP) is 2.87. The Kier molecular flexibility index (Phi) is 5.32. The second-order valence-corrected chi connectivity index (χ2v) is 4.78. The van der Waals surface area contributed by atoms with Crippen molar-refractivity contribution in [1.82, 2.24) is 5.32 Å². The Morgan fingerprint density at radius 3 is 2.57 bits per heavy atom. The summed E-state index contributed by atoms with van der Waals surface area (Å²) in [5.74, 6) is 0.195. The molecule has 110 valence electrons. The lowest BCUT2D eigenvalue weighted by molar-refractivity contribution is -0.120. The Balaban J connectivity index is 1.70. The third kappa shape index (κ3) is 4.91. The fourth-order valence-corrected chi connectivity index (χ4v) is 1.87. The van der Waals surface area contributed by atoms with Crippen LogP contribution in [0.15, 0.2) is 48.5 Å². The summed E-state index contributed by atoms with van der Waals surface area (Å²) in [7, 11) is 0. The molecule has 0 fully saturated rings. The maximum absolute atomic E-state index is 13.4. The van der Waals surface area contributed by atoms with Crippen molar-refractivity contribution in [2.45, 2.75) is 13.3 Å². The highest BCUT2D eigenvalue weighted by atomic mass is 19.1. The van der Waals surface area contributed by atoms with Gasteiger partial charge in [0.2, 0.25) is 5.91 Å². The molecule has 2 aromatic carbocycles. The monoisotopic (exact) mass is 287 g/mol. The molecule has 0 aliphatic heterocycles. The molecular weight excluding hydrogens is 269 g/mol. The first kappa shape index (κ1) is 15.0. The van der Waals surface area contributed by atoms with Crippen molar-refractivity contribution in [2.24, 2.45) is 0 Å². The van der Waals surface area contributed by atoms with E-state index >= 15 is 0 Å². The Bertz CT molecular complexity index is 596. The van der Waals surface area contributed by atoms with E-state index in [1.807, 2.05) is 31.2 Å². The normalized spacial score (nSPS) is 10.2. The largest absolute Gasteiger partial charge is 0.492 e. The van der Waals surface area contributed by atoms with Crippen molar-refractivity contribution in [2.75, 3.05) is 13.2 Å². The smallest absolute Gasteiger partial charge is 0.224 e. The predicted molar refractivity (Wildman–Crippen MR) is 79.8 cm³/mol. The van der Waals surface area contributed by atoms with Gasteiger partial charge in [0.15, 0.2) is 0 Å². The maximum Gasteiger partial charge on any atom is 0.224 e. The minimum absolute atomic E-state index is 0.0389. The van der Waals surface area contributed by atoms with Crippen LogP contribution in [0.3, 0.4) is 0 Å². The number of carbonyl (C=O) groups excluding carboxylic acids is 1. The van der Waals surface area contributed by atoms with Gasteiger partial charge >= 0.3 is 0 Å². The number of amides is 1. The molecule has 0 bridgehead atoms. The number of hydrogen-bond donors (Lipinski definition) is 1. The molecule has 0 saturated carbocycles. The topological polar surface area (TPSA) is 38.3 Å². The standard InChI is InChI=1S/C17H18FNO2/c1-13-6-8-15(9-7-13)21-11-10-19-17(20)12-14-4-2-3-5-16(14)18/h2-9H,10-12H2,1H3,(H,19,20). The second-order valence-electron chi connectivity index (χ2n) is 4.78. The molecule has 0 unspecified atom stereocenters. The Morgan fingerprint density at radius 1 is 1.14 bits per heavy atom. The second kappa shape index (κ2) is 7.43. The van der Waals surface area contributed by atoms with E-state index < -0.39 is 0 Å². The van der Waals surface area contributed by atoms with Gasteiger partial charge in [-0.05, 0) is 30.7 Å². The average Bonchev–Trinajstić information content (AvgIpc) is 2.48. The number of halogens is 1. The van der Waals surface area contributed by atoms with E-state index in [-0.39, 0.29) is 18.1 Å². The zero-order valence-electron chi connectivity index (χ0n) is 11.9. The minimum Gasteiger partial charge on any atom is -0.492 e. The number of benzene rings is 2. The van der Waals surface area contributed by atoms with Gasteiger partial charge in [-0.25, -0.2) is 4.39 Å². The maximum atomic E-state index is 13.4. The van der Waals surface area contributed by atoms with Gasteiger partial charge in [-0.3, -0.25) is 4.79 Å². The van der Waals surface area contributed by atoms with Crippen LogP contribution in [0.4, 0.5) is 4.39 Å². The van der Waals surface area contributed by atoms with E-state index in [1.165, 1.54) is 11.6 Å². The summed E-state index contributed by atoms with van der Waals surface area (Å²) in [5, 5.41) is 2.71. The van der Waals surface area contributed by atoms with Crippen LogP contribution in [0.25, 0.3) is 0 Å². The Hall–Kier alpha value is -2.36. The highest BCUT2D eigenvalue weighted by molar-refractivity contribution is 5.78. The highest BCUT2D eigenvalue weighted by Crippen LogP contribution is 2.11. The number of hydrogen-bond acceptors (Lipinski definition) is 2. The van der Waals surface area contributed by atoms with E-state index in [0.717, 1.165) is 5.75 Å². The summed E-state index contributed by atoms with van der Waals surface area (Å²) in [4.78, 5) is 11.7. The first-order valence-corrected chi connectivity index (χ1v) is 6.85. The van der Waals surface area contributed by atoms with E-state index in [4.69, 9.17) is 4.74 Å². The molecule has 4 heteroatoms. The van der Waals surface area contributed by atoms with Gasteiger partial charge in [-0.2, -0.15) is 0 Å². The molecule has 2 rings (SSSR count). The van der Waals surface area contributed by atoms with Crippen LogP contribution in [-0.4, -0.2) is 19.1 Å². The van der Waals surface area contributed by atoms with Crippen molar-refractivity contribution < 1.29 is 13.9 Å². The molecule has 21 heavy (non-hydrogen) atoms. The zero-order valence-corrected chi connectivity index (χ0v) is 11.9. The zero-order chi connectivity index (χ0) is 15.1. The van der Waals surface area contributed by atoms with Gasteiger partial charge in [0, 0.05) is 0 Å². The summed E-state index contributed by atoms with van der Waals surface area (Å²) < 4.78 is 18.9. The number of ether oxygens (including phenoxy) is 1. The molecule has 0 saturated heterocycles. The summed E-state index contributed by atoms with van der Waals surface area (Å²) in [5.41, 5.74) is 1.56. The molecule has 2 aromatic rings. The Labute approximate surface area is 123 Å². The van der Waals surface area contributed by atoms with E-state index in [1.54, 1.807) is 18.2 Å². The molecule has 1 amide bonds. The van der Waals surface area contributed by atoms with Crippen molar-refractivity contribution in [3.8, 4) is 5.75 Å². The van der Waals surface area contributed by atoms with Crippen LogP contribution in [0.1, 0.15) is 11.1 Å². The number of nitrogens with one attached hydrogen (secondary N) is 1. The van der Waals surface area contributed by atoms with Crippen LogP contribution in [0.5, 0.6) is 5.75 Å². The van der Waals surface area contributed by atoms with Gasteiger partial charge < -0.3 is 10.1 Å². The molecule has 0 spiro atoms. The molecule has 0 aliphatic carbocycles. The molecule has 0 aliphatic rings.